The SMILES string of the molecule is Cc1ccc(C)c(CC2(CNC(C)C)CCOC2)c1. The summed E-state index contributed by atoms with van der Waals surface area (Å²) in [7, 11) is 0. The van der Waals surface area contributed by atoms with Crippen molar-refractivity contribution in [2.24, 2.45) is 5.41 Å². The molecule has 1 saturated heterocycles. The third kappa shape index (κ3) is 3.80. The number of nitrogens with one attached hydrogen (secondary N) is 1. The molecule has 1 unspecified atom stereocenters. The van der Waals surface area contributed by atoms with Crippen molar-refractivity contribution in [1.29, 1.82) is 0 Å². The molecule has 1 heterocycles. The molecule has 1 fully saturated rings. The van der Waals surface area contributed by atoms with Crippen molar-refractivity contribution in [1.82, 2.24) is 5.32 Å². The Bertz CT molecular complexity index is 419. The van der Waals surface area contributed by atoms with E-state index in [1.54, 1.807) is 0 Å². The Hall–Kier alpha value is -0.860. The lowest BCUT2D eigenvalue weighted by Gasteiger charge is -2.30. The number of aryl methyl sites for hydroxylation is 2. The molecular formula is C17H27NO. The summed E-state index contributed by atoms with van der Waals surface area (Å²) in [4.78, 5) is 0. The minimum Gasteiger partial charge on any atom is -0.381 e. The Morgan fingerprint density at radius 1 is 1.32 bits per heavy atom. The van der Waals surface area contributed by atoms with Crippen molar-refractivity contribution >= 4 is 0 Å². The Morgan fingerprint density at radius 2 is 2.11 bits per heavy atom. The highest BCUT2D eigenvalue weighted by atomic mass is 16.5. The zero-order chi connectivity index (χ0) is 13.9. The first-order valence-electron chi connectivity index (χ1n) is 7.38. The van der Waals surface area contributed by atoms with Crippen LogP contribution in [-0.2, 0) is 11.2 Å². The first-order valence-corrected chi connectivity index (χ1v) is 7.38. The molecule has 1 aliphatic heterocycles. The fourth-order valence-corrected chi connectivity index (χ4v) is 2.81. The summed E-state index contributed by atoms with van der Waals surface area (Å²) in [5.74, 6) is 0. The smallest absolute Gasteiger partial charge is 0.0538 e. The highest BCUT2D eigenvalue weighted by molar-refractivity contribution is 5.31. The molecule has 1 aliphatic rings. The summed E-state index contributed by atoms with van der Waals surface area (Å²) in [6.45, 7) is 11.7. The van der Waals surface area contributed by atoms with Crippen LogP contribution in [0.2, 0.25) is 0 Å². The minimum absolute atomic E-state index is 0.281. The topological polar surface area (TPSA) is 21.3 Å². The van der Waals surface area contributed by atoms with Crippen LogP contribution in [0, 0.1) is 19.3 Å². The van der Waals surface area contributed by atoms with Gasteiger partial charge in [0.2, 0.25) is 0 Å². The molecule has 0 radical (unpaired) electrons. The fraction of sp³-hybridized carbons (Fsp3) is 0.647. The number of ether oxygens (including phenoxy) is 1. The van der Waals surface area contributed by atoms with Gasteiger partial charge in [-0.3, -0.25) is 0 Å². The summed E-state index contributed by atoms with van der Waals surface area (Å²) in [5, 5.41) is 3.60. The molecule has 19 heavy (non-hydrogen) atoms. The molecule has 0 spiro atoms. The first-order chi connectivity index (χ1) is 9.01. The van der Waals surface area contributed by atoms with Crippen LogP contribution in [0.4, 0.5) is 0 Å². The summed E-state index contributed by atoms with van der Waals surface area (Å²) in [5.41, 5.74) is 4.52. The molecule has 1 aromatic rings. The maximum Gasteiger partial charge on any atom is 0.0538 e. The highest BCUT2D eigenvalue weighted by Gasteiger charge is 2.35. The number of hydrogen-bond donors (Lipinski definition) is 1. The van der Waals surface area contributed by atoms with E-state index in [2.05, 4.69) is 51.2 Å². The van der Waals surface area contributed by atoms with Crippen molar-refractivity contribution in [3.8, 4) is 0 Å². The van der Waals surface area contributed by atoms with E-state index < -0.39 is 0 Å². The molecule has 1 atom stereocenters. The lowest BCUT2D eigenvalue weighted by Crippen LogP contribution is -2.39. The van der Waals surface area contributed by atoms with Gasteiger partial charge in [0.1, 0.15) is 0 Å². The monoisotopic (exact) mass is 261 g/mol. The molecule has 2 rings (SSSR count). The van der Waals surface area contributed by atoms with Gasteiger partial charge in [-0.05, 0) is 37.8 Å². The Labute approximate surface area is 117 Å². The van der Waals surface area contributed by atoms with Gasteiger partial charge in [0, 0.05) is 24.6 Å². The van der Waals surface area contributed by atoms with Crippen LogP contribution >= 0.6 is 0 Å². The Balaban J connectivity index is 2.13. The highest BCUT2D eigenvalue weighted by Crippen LogP contribution is 2.33. The zero-order valence-electron chi connectivity index (χ0n) is 12.8. The third-order valence-electron chi connectivity index (χ3n) is 4.14. The van der Waals surface area contributed by atoms with Crippen LogP contribution < -0.4 is 5.32 Å². The molecule has 1 aromatic carbocycles. The van der Waals surface area contributed by atoms with E-state index >= 15 is 0 Å². The maximum atomic E-state index is 5.70. The van der Waals surface area contributed by atoms with Gasteiger partial charge in [-0.2, -0.15) is 0 Å². The van der Waals surface area contributed by atoms with Crippen molar-refractivity contribution < 1.29 is 4.74 Å². The van der Waals surface area contributed by atoms with Crippen LogP contribution in [0.15, 0.2) is 18.2 Å². The molecule has 0 bridgehead atoms. The summed E-state index contributed by atoms with van der Waals surface area (Å²) < 4.78 is 5.70. The van der Waals surface area contributed by atoms with Gasteiger partial charge in [0.15, 0.2) is 0 Å². The third-order valence-corrected chi connectivity index (χ3v) is 4.14. The fourth-order valence-electron chi connectivity index (χ4n) is 2.81. The van der Waals surface area contributed by atoms with Crippen molar-refractivity contribution in [3.63, 3.8) is 0 Å². The first kappa shape index (κ1) is 14.5. The largest absolute Gasteiger partial charge is 0.381 e. The molecule has 0 aromatic heterocycles. The summed E-state index contributed by atoms with van der Waals surface area (Å²) >= 11 is 0. The predicted molar refractivity (Wildman–Crippen MR) is 80.6 cm³/mol. The van der Waals surface area contributed by atoms with Crippen LogP contribution in [0.25, 0.3) is 0 Å². The molecule has 2 nitrogen and oxygen atoms in total. The van der Waals surface area contributed by atoms with Crippen LogP contribution in [0.1, 0.15) is 37.0 Å². The van der Waals surface area contributed by atoms with Crippen molar-refractivity contribution in [2.75, 3.05) is 19.8 Å². The normalized spacial score (nSPS) is 23.2. The lowest BCUT2D eigenvalue weighted by atomic mass is 9.79. The average molecular weight is 261 g/mol. The lowest BCUT2D eigenvalue weighted by molar-refractivity contribution is 0.148. The number of rotatable bonds is 5. The minimum atomic E-state index is 0.281. The van der Waals surface area contributed by atoms with Gasteiger partial charge in [0.05, 0.1) is 6.61 Å². The van der Waals surface area contributed by atoms with E-state index in [1.807, 2.05) is 0 Å². The maximum absolute atomic E-state index is 5.70. The number of benzene rings is 1. The van der Waals surface area contributed by atoms with Gasteiger partial charge in [-0.15, -0.1) is 0 Å². The van der Waals surface area contributed by atoms with E-state index in [0.29, 0.717) is 6.04 Å². The van der Waals surface area contributed by atoms with Crippen LogP contribution in [0.3, 0.4) is 0 Å². The predicted octanol–water partition coefficient (Wildman–Crippen LogP) is 3.25. The standard InChI is InChI=1S/C17H27NO/c1-13(2)18-11-17(7-8-19-12-17)10-16-9-14(3)5-6-15(16)4/h5-6,9,13,18H,7-8,10-12H2,1-4H3. The van der Waals surface area contributed by atoms with Gasteiger partial charge in [0.25, 0.3) is 0 Å². The summed E-state index contributed by atoms with van der Waals surface area (Å²) in [6.07, 6.45) is 2.29. The van der Waals surface area contributed by atoms with E-state index in [4.69, 9.17) is 4.74 Å². The van der Waals surface area contributed by atoms with E-state index in [0.717, 1.165) is 26.2 Å². The molecule has 106 valence electrons. The van der Waals surface area contributed by atoms with Crippen LogP contribution in [-0.4, -0.2) is 25.8 Å². The van der Waals surface area contributed by atoms with Crippen molar-refractivity contribution in [2.45, 2.75) is 46.6 Å². The molecule has 2 heteroatoms. The Morgan fingerprint density at radius 3 is 2.74 bits per heavy atom. The van der Waals surface area contributed by atoms with Crippen LogP contribution in [0.5, 0.6) is 0 Å². The second-order valence-electron chi connectivity index (χ2n) is 6.44. The molecule has 0 saturated carbocycles. The van der Waals surface area contributed by atoms with Gasteiger partial charge in [-0.25, -0.2) is 0 Å². The molecular weight excluding hydrogens is 234 g/mol. The van der Waals surface area contributed by atoms with Gasteiger partial charge in [-0.1, -0.05) is 37.6 Å². The second-order valence-corrected chi connectivity index (χ2v) is 6.44. The van der Waals surface area contributed by atoms with E-state index in [9.17, 15) is 0 Å². The quantitative estimate of drug-likeness (QED) is 0.878. The van der Waals surface area contributed by atoms with Gasteiger partial charge >= 0.3 is 0 Å². The average Bonchev–Trinajstić information content (AvgIpc) is 2.81. The van der Waals surface area contributed by atoms with E-state index in [1.165, 1.54) is 23.1 Å². The number of hydrogen-bond acceptors (Lipinski definition) is 2. The second kappa shape index (κ2) is 6.06. The molecule has 0 amide bonds. The molecule has 1 N–H and O–H groups in total. The van der Waals surface area contributed by atoms with Gasteiger partial charge < -0.3 is 10.1 Å². The Kier molecular flexibility index (Phi) is 4.64. The summed E-state index contributed by atoms with van der Waals surface area (Å²) in [6, 6.07) is 7.31. The van der Waals surface area contributed by atoms with Crippen molar-refractivity contribution in [3.05, 3.63) is 34.9 Å². The zero-order valence-corrected chi connectivity index (χ0v) is 12.8. The molecule has 0 aliphatic carbocycles. The van der Waals surface area contributed by atoms with E-state index in [-0.39, 0.29) is 5.41 Å².